The third kappa shape index (κ3) is 5.61. The van der Waals surface area contributed by atoms with Crippen molar-refractivity contribution in [1.29, 1.82) is 0 Å². The van der Waals surface area contributed by atoms with Crippen molar-refractivity contribution >= 4 is 46.4 Å². The highest BCUT2D eigenvalue weighted by atomic mass is 32.2. The van der Waals surface area contributed by atoms with Crippen molar-refractivity contribution < 1.29 is 4.79 Å². The van der Waals surface area contributed by atoms with Crippen LogP contribution in [-0.4, -0.2) is 27.7 Å². The van der Waals surface area contributed by atoms with Gasteiger partial charge in [-0.05, 0) is 50.2 Å². The number of nitrogens with two attached hydrogens (primary N) is 2. The SMILES string of the molecule is CC(C)N(C(=O)CSc1nc(N)cc(N)n1)c1ccc(Nc2ccccc2)cc1. The van der Waals surface area contributed by atoms with Crippen LogP contribution < -0.4 is 21.7 Å². The van der Waals surface area contributed by atoms with Crippen LogP contribution in [0.3, 0.4) is 0 Å². The number of benzene rings is 2. The first-order chi connectivity index (χ1) is 13.9. The van der Waals surface area contributed by atoms with Crippen LogP contribution in [0.15, 0.2) is 65.8 Å². The second-order valence-corrected chi connectivity index (χ2v) is 7.63. The van der Waals surface area contributed by atoms with E-state index in [0.29, 0.717) is 5.16 Å². The van der Waals surface area contributed by atoms with Crippen LogP contribution in [0.1, 0.15) is 13.8 Å². The molecule has 0 fully saturated rings. The molecule has 0 radical (unpaired) electrons. The van der Waals surface area contributed by atoms with Crippen molar-refractivity contribution in [3.8, 4) is 0 Å². The predicted octanol–water partition coefficient (Wildman–Crippen LogP) is 3.92. The fourth-order valence-corrected chi connectivity index (χ4v) is 3.58. The first-order valence-corrected chi connectivity index (χ1v) is 10.2. The number of hydrogen-bond acceptors (Lipinski definition) is 7. The highest BCUT2D eigenvalue weighted by molar-refractivity contribution is 7.99. The molecule has 0 saturated carbocycles. The van der Waals surface area contributed by atoms with Crippen molar-refractivity contribution in [2.45, 2.75) is 25.0 Å². The summed E-state index contributed by atoms with van der Waals surface area (Å²) >= 11 is 1.22. The Morgan fingerprint density at radius 3 is 2.17 bits per heavy atom. The zero-order valence-electron chi connectivity index (χ0n) is 16.4. The Bertz CT molecular complexity index is 942. The van der Waals surface area contributed by atoms with Crippen LogP contribution in [0.5, 0.6) is 0 Å². The van der Waals surface area contributed by atoms with Crippen LogP contribution >= 0.6 is 11.8 Å². The highest BCUT2D eigenvalue weighted by Crippen LogP contribution is 2.24. The fraction of sp³-hybridized carbons (Fsp3) is 0.190. The molecule has 1 aromatic heterocycles. The zero-order valence-corrected chi connectivity index (χ0v) is 17.2. The number of aromatic nitrogens is 2. The maximum atomic E-state index is 12.9. The third-order valence-electron chi connectivity index (χ3n) is 4.06. The summed E-state index contributed by atoms with van der Waals surface area (Å²) in [6.45, 7) is 3.96. The van der Waals surface area contributed by atoms with E-state index in [9.17, 15) is 4.79 Å². The predicted molar refractivity (Wildman–Crippen MR) is 120 cm³/mol. The number of nitrogen functional groups attached to an aromatic ring is 2. The third-order valence-corrected chi connectivity index (χ3v) is 4.90. The van der Waals surface area contributed by atoms with E-state index in [0.717, 1.165) is 17.1 Å². The summed E-state index contributed by atoms with van der Waals surface area (Å²) in [5.74, 6) is 0.716. The molecule has 150 valence electrons. The monoisotopic (exact) mass is 408 g/mol. The number of thioether (sulfide) groups is 1. The standard InChI is InChI=1S/C21H24N6OS/c1-14(2)27(20(28)13-29-21-25-18(22)12-19(23)26-21)17-10-8-16(9-11-17)24-15-6-4-3-5-7-15/h3-12,14,24H,13H2,1-2H3,(H4,22,23,25,26). The normalized spacial score (nSPS) is 10.7. The number of nitrogens with one attached hydrogen (secondary N) is 1. The summed E-state index contributed by atoms with van der Waals surface area (Å²) in [5.41, 5.74) is 14.2. The van der Waals surface area contributed by atoms with Gasteiger partial charge in [-0.25, -0.2) is 9.97 Å². The molecule has 3 rings (SSSR count). The number of para-hydroxylation sites is 1. The van der Waals surface area contributed by atoms with Gasteiger partial charge in [0.05, 0.1) is 5.75 Å². The molecule has 8 heteroatoms. The van der Waals surface area contributed by atoms with Gasteiger partial charge in [0.2, 0.25) is 5.91 Å². The van der Waals surface area contributed by atoms with Gasteiger partial charge in [-0.1, -0.05) is 30.0 Å². The molecule has 3 aromatic rings. The van der Waals surface area contributed by atoms with Gasteiger partial charge in [-0.2, -0.15) is 0 Å². The van der Waals surface area contributed by atoms with Crippen molar-refractivity contribution in [3.05, 3.63) is 60.7 Å². The minimum absolute atomic E-state index is 0.00265. The lowest BCUT2D eigenvalue weighted by Crippen LogP contribution is -2.38. The topological polar surface area (TPSA) is 110 Å². The molecule has 5 N–H and O–H groups in total. The molecule has 2 aromatic carbocycles. The van der Waals surface area contributed by atoms with Crippen molar-refractivity contribution in [2.24, 2.45) is 0 Å². The van der Waals surface area contributed by atoms with Gasteiger partial charge in [0.25, 0.3) is 0 Å². The van der Waals surface area contributed by atoms with Gasteiger partial charge in [0.15, 0.2) is 5.16 Å². The largest absolute Gasteiger partial charge is 0.383 e. The van der Waals surface area contributed by atoms with Gasteiger partial charge in [0, 0.05) is 29.2 Å². The summed E-state index contributed by atoms with van der Waals surface area (Å²) < 4.78 is 0. The molecule has 0 saturated heterocycles. The van der Waals surface area contributed by atoms with E-state index < -0.39 is 0 Å². The van der Waals surface area contributed by atoms with Crippen LogP contribution in [-0.2, 0) is 4.79 Å². The molecule has 0 aliphatic heterocycles. The number of carbonyl (C=O) groups is 1. The lowest BCUT2D eigenvalue weighted by molar-refractivity contribution is -0.116. The fourth-order valence-electron chi connectivity index (χ4n) is 2.85. The number of hydrogen-bond donors (Lipinski definition) is 3. The Labute approximate surface area is 174 Å². The first-order valence-electron chi connectivity index (χ1n) is 9.19. The van der Waals surface area contributed by atoms with E-state index in [1.54, 1.807) is 4.90 Å². The van der Waals surface area contributed by atoms with E-state index in [-0.39, 0.29) is 29.3 Å². The minimum atomic E-state index is -0.0432. The van der Waals surface area contributed by atoms with E-state index in [2.05, 4.69) is 15.3 Å². The highest BCUT2D eigenvalue weighted by Gasteiger charge is 2.20. The molecule has 0 aliphatic carbocycles. The Balaban J connectivity index is 1.69. The molecule has 0 bridgehead atoms. The van der Waals surface area contributed by atoms with E-state index >= 15 is 0 Å². The van der Waals surface area contributed by atoms with E-state index in [1.807, 2.05) is 68.4 Å². The summed E-state index contributed by atoms with van der Waals surface area (Å²) in [6, 6.07) is 19.2. The lowest BCUT2D eigenvalue weighted by Gasteiger charge is -2.27. The maximum Gasteiger partial charge on any atom is 0.237 e. The number of carbonyl (C=O) groups excluding carboxylic acids is 1. The van der Waals surface area contributed by atoms with Gasteiger partial charge in [0.1, 0.15) is 11.6 Å². The minimum Gasteiger partial charge on any atom is -0.383 e. The molecule has 0 unspecified atom stereocenters. The lowest BCUT2D eigenvalue weighted by atomic mass is 10.2. The van der Waals surface area contributed by atoms with Crippen LogP contribution in [0.2, 0.25) is 0 Å². The quantitative estimate of drug-likeness (QED) is 0.401. The van der Waals surface area contributed by atoms with Gasteiger partial charge < -0.3 is 21.7 Å². The first kappa shape index (κ1) is 20.5. The van der Waals surface area contributed by atoms with Gasteiger partial charge >= 0.3 is 0 Å². The second kappa shape index (κ2) is 9.29. The molecule has 0 aliphatic rings. The Kier molecular flexibility index (Phi) is 6.56. The molecular weight excluding hydrogens is 384 g/mol. The summed E-state index contributed by atoms with van der Waals surface area (Å²) in [7, 11) is 0. The summed E-state index contributed by atoms with van der Waals surface area (Å²) in [4.78, 5) is 22.8. The van der Waals surface area contributed by atoms with E-state index in [4.69, 9.17) is 11.5 Å². The smallest absolute Gasteiger partial charge is 0.237 e. The number of amides is 1. The second-order valence-electron chi connectivity index (χ2n) is 6.68. The molecule has 1 heterocycles. The zero-order chi connectivity index (χ0) is 20.8. The van der Waals surface area contributed by atoms with Gasteiger partial charge in [-0.15, -0.1) is 0 Å². The van der Waals surface area contributed by atoms with Crippen molar-refractivity contribution in [3.63, 3.8) is 0 Å². The Morgan fingerprint density at radius 1 is 1.00 bits per heavy atom. The number of rotatable bonds is 7. The van der Waals surface area contributed by atoms with Crippen LogP contribution in [0, 0.1) is 0 Å². The molecule has 29 heavy (non-hydrogen) atoms. The Hall–Kier alpha value is -3.26. The summed E-state index contributed by atoms with van der Waals surface area (Å²) in [5, 5.41) is 3.73. The molecule has 7 nitrogen and oxygen atoms in total. The van der Waals surface area contributed by atoms with Gasteiger partial charge in [-0.3, -0.25) is 4.79 Å². The van der Waals surface area contributed by atoms with Crippen molar-refractivity contribution in [2.75, 3.05) is 27.4 Å². The average Bonchev–Trinajstić information content (AvgIpc) is 2.68. The van der Waals surface area contributed by atoms with Crippen molar-refractivity contribution in [1.82, 2.24) is 9.97 Å². The molecule has 0 atom stereocenters. The molecular formula is C21H24N6OS. The van der Waals surface area contributed by atoms with Crippen LogP contribution in [0.25, 0.3) is 0 Å². The summed E-state index contributed by atoms with van der Waals surface area (Å²) in [6.07, 6.45) is 0. The number of anilines is 5. The maximum absolute atomic E-state index is 12.9. The Morgan fingerprint density at radius 2 is 1.59 bits per heavy atom. The molecule has 0 spiro atoms. The molecule has 1 amide bonds. The average molecular weight is 409 g/mol. The van der Waals surface area contributed by atoms with E-state index in [1.165, 1.54) is 17.8 Å². The van der Waals surface area contributed by atoms with Crippen LogP contribution in [0.4, 0.5) is 28.7 Å². The number of nitrogens with zero attached hydrogens (tertiary/aromatic N) is 3.